The minimum absolute atomic E-state index is 1.13. The third-order valence-electron chi connectivity index (χ3n) is 9.67. The fourth-order valence-corrected chi connectivity index (χ4v) is 8.86. The van der Waals surface area contributed by atoms with Crippen LogP contribution in [0.3, 0.4) is 0 Å². The SMILES string of the molecule is Brc1ccc2c3cc4c(-c5ccccc5)c5c6ccc(Br)c7cccc(c5c(-c5ccccc5)c4cc3c3cccc1c32)c76. The lowest BCUT2D eigenvalue weighted by atomic mass is 9.85. The van der Waals surface area contributed by atoms with Gasteiger partial charge in [-0.1, -0.05) is 141 Å². The van der Waals surface area contributed by atoms with Crippen LogP contribution in [0.2, 0.25) is 0 Å². The first-order valence-corrected chi connectivity index (χ1v) is 16.5. The summed E-state index contributed by atoms with van der Waals surface area (Å²) >= 11 is 7.71. The van der Waals surface area contributed by atoms with Gasteiger partial charge in [0, 0.05) is 8.95 Å². The van der Waals surface area contributed by atoms with Crippen LogP contribution >= 0.6 is 31.9 Å². The summed E-state index contributed by atoms with van der Waals surface area (Å²) in [7, 11) is 0. The Labute approximate surface area is 270 Å². The predicted molar refractivity (Wildman–Crippen MR) is 198 cm³/mol. The topological polar surface area (TPSA) is 0 Å². The minimum atomic E-state index is 1.13. The Morgan fingerprint density at radius 2 is 0.682 bits per heavy atom. The van der Waals surface area contributed by atoms with Crippen LogP contribution in [0, 0.1) is 0 Å². The Hall–Kier alpha value is -4.50. The maximum atomic E-state index is 3.88. The van der Waals surface area contributed by atoms with Crippen molar-refractivity contribution < 1.29 is 0 Å². The summed E-state index contributed by atoms with van der Waals surface area (Å²) in [6.07, 6.45) is 0. The molecule has 44 heavy (non-hydrogen) atoms. The third kappa shape index (κ3) is 3.17. The van der Waals surface area contributed by atoms with Crippen molar-refractivity contribution in [1.29, 1.82) is 0 Å². The van der Waals surface area contributed by atoms with Crippen molar-refractivity contribution in [2.45, 2.75) is 0 Å². The zero-order valence-electron chi connectivity index (χ0n) is 23.5. The van der Waals surface area contributed by atoms with Gasteiger partial charge >= 0.3 is 0 Å². The highest BCUT2D eigenvalue weighted by Crippen LogP contribution is 2.53. The quantitative estimate of drug-likeness (QED) is 0.170. The van der Waals surface area contributed by atoms with Crippen LogP contribution in [-0.4, -0.2) is 0 Å². The van der Waals surface area contributed by atoms with Crippen LogP contribution in [-0.2, 0) is 0 Å². The van der Waals surface area contributed by atoms with E-state index in [1.165, 1.54) is 97.7 Å². The molecule has 0 aromatic heterocycles. The fourth-order valence-electron chi connectivity index (χ4n) is 7.93. The molecule has 0 aliphatic heterocycles. The summed E-state index contributed by atoms with van der Waals surface area (Å²) < 4.78 is 2.27. The molecule has 0 radical (unpaired) electrons. The highest BCUT2D eigenvalue weighted by Gasteiger charge is 2.25. The lowest BCUT2D eigenvalue weighted by Gasteiger charge is -2.17. The third-order valence-corrected chi connectivity index (χ3v) is 11.0. The molecule has 0 spiro atoms. The fraction of sp³-hybridized carbons (Fsp3) is 0. The summed E-state index contributed by atoms with van der Waals surface area (Å²) in [6.45, 7) is 0. The largest absolute Gasteiger partial charge is 0.0622 e. The summed E-state index contributed by atoms with van der Waals surface area (Å²) in [5.74, 6) is 0. The van der Waals surface area contributed by atoms with Crippen molar-refractivity contribution in [1.82, 2.24) is 0 Å². The van der Waals surface area contributed by atoms with E-state index in [4.69, 9.17) is 0 Å². The summed E-state index contributed by atoms with van der Waals surface area (Å²) in [6, 6.07) is 49.5. The van der Waals surface area contributed by atoms with E-state index < -0.39 is 0 Å². The van der Waals surface area contributed by atoms with E-state index in [1.807, 2.05) is 0 Å². The monoisotopic (exact) mass is 684 g/mol. The Morgan fingerprint density at radius 1 is 0.273 bits per heavy atom. The molecule has 0 unspecified atom stereocenters. The van der Waals surface area contributed by atoms with Gasteiger partial charge in [0.2, 0.25) is 0 Å². The van der Waals surface area contributed by atoms with Crippen molar-refractivity contribution in [3.63, 3.8) is 0 Å². The summed E-state index contributed by atoms with van der Waals surface area (Å²) in [5.41, 5.74) is 5.10. The van der Waals surface area contributed by atoms with Crippen LogP contribution in [0.25, 0.3) is 97.7 Å². The van der Waals surface area contributed by atoms with Gasteiger partial charge in [-0.25, -0.2) is 0 Å². The van der Waals surface area contributed by atoms with Gasteiger partial charge in [0.05, 0.1) is 0 Å². The zero-order chi connectivity index (χ0) is 29.1. The number of hydrogen-bond acceptors (Lipinski definition) is 0. The molecule has 0 saturated carbocycles. The number of hydrogen-bond donors (Lipinski definition) is 0. The molecule has 0 bridgehead atoms. The molecule has 0 amide bonds. The van der Waals surface area contributed by atoms with Crippen LogP contribution < -0.4 is 0 Å². The van der Waals surface area contributed by atoms with Crippen molar-refractivity contribution in [2.24, 2.45) is 0 Å². The van der Waals surface area contributed by atoms with E-state index >= 15 is 0 Å². The van der Waals surface area contributed by atoms with E-state index in [2.05, 4.69) is 165 Å². The molecule has 0 atom stereocenters. The predicted octanol–water partition coefficient (Wildman–Crippen LogP) is 13.5. The number of benzene rings is 8. The lowest BCUT2D eigenvalue weighted by molar-refractivity contribution is 1.68. The average molecular weight is 686 g/mol. The van der Waals surface area contributed by atoms with Gasteiger partial charge in [0.1, 0.15) is 0 Å². The van der Waals surface area contributed by atoms with Crippen LogP contribution in [0.15, 0.2) is 142 Å². The Morgan fingerprint density at radius 3 is 1.23 bits per heavy atom. The first-order valence-electron chi connectivity index (χ1n) is 14.9. The second-order valence-electron chi connectivity index (χ2n) is 11.8. The van der Waals surface area contributed by atoms with Gasteiger partial charge in [0.25, 0.3) is 0 Å². The molecule has 0 heterocycles. The molecule has 10 aromatic carbocycles. The number of halogens is 2. The first kappa shape index (κ1) is 24.9. The molecule has 2 heteroatoms. The van der Waals surface area contributed by atoms with Crippen molar-refractivity contribution in [3.8, 4) is 22.3 Å². The number of fused-ring (bicyclic) bond motifs is 7. The van der Waals surface area contributed by atoms with Gasteiger partial charge in [0.15, 0.2) is 0 Å². The molecule has 0 fully saturated rings. The van der Waals surface area contributed by atoms with E-state index in [0.717, 1.165) is 8.95 Å². The summed E-state index contributed by atoms with van der Waals surface area (Å²) in [4.78, 5) is 0. The van der Waals surface area contributed by atoms with E-state index in [9.17, 15) is 0 Å². The Kier molecular flexibility index (Phi) is 5.10. The smallest absolute Gasteiger partial charge is 0.0254 e. The van der Waals surface area contributed by atoms with E-state index in [0.29, 0.717) is 0 Å². The molecule has 204 valence electrons. The number of rotatable bonds is 2. The van der Waals surface area contributed by atoms with Gasteiger partial charge in [-0.05, 0) is 122 Å². The second-order valence-corrected chi connectivity index (χ2v) is 13.5. The van der Waals surface area contributed by atoms with Crippen molar-refractivity contribution in [2.75, 3.05) is 0 Å². The van der Waals surface area contributed by atoms with Crippen molar-refractivity contribution >= 4 is 107 Å². The standard InChI is InChI=1S/C42H22Br2/c43-35-19-17-26-32-22-34-33(21-31(32)25-13-7-14-27(35)39(25)26)37(23-9-3-1-4-10-23)41-29-16-8-15-28-36(44)20-18-30(40(28)29)42(41)38(34)24-11-5-2-6-12-24/h1-22H. The maximum Gasteiger partial charge on any atom is 0.0254 e. The van der Waals surface area contributed by atoms with Crippen molar-refractivity contribution in [3.05, 3.63) is 142 Å². The molecule has 0 aliphatic rings. The van der Waals surface area contributed by atoms with E-state index in [-0.39, 0.29) is 0 Å². The normalized spacial score (nSPS) is 12.3. The van der Waals surface area contributed by atoms with Gasteiger partial charge in [-0.2, -0.15) is 0 Å². The lowest BCUT2D eigenvalue weighted by Crippen LogP contribution is -1.89. The molecular formula is C42H22Br2. The van der Waals surface area contributed by atoms with Crippen LogP contribution in [0.1, 0.15) is 0 Å². The zero-order valence-corrected chi connectivity index (χ0v) is 26.6. The molecule has 10 aromatic rings. The molecule has 0 aliphatic carbocycles. The maximum absolute atomic E-state index is 3.88. The van der Waals surface area contributed by atoms with Gasteiger partial charge in [-0.3, -0.25) is 0 Å². The minimum Gasteiger partial charge on any atom is -0.0622 e. The summed E-state index contributed by atoms with van der Waals surface area (Å²) in [5, 5.41) is 18.3. The highest BCUT2D eigenvalue weighted by molar-refractivity contribution is 9.11. The Balaban J connectivity index is 1.56. The van der Waals surface area contributed by atoms with Gasteiger partial charge < -0.3 is 0 Å². The molecule has 0 N–H and O–H groups in total. The highest BCUT2D eigenvalue weighted by atomic mass is 79.9. The molecule has 10 rings (SSSR count). The Bertz CT molecular complexity index is 2640. The second kappa shape index (κ2) is 9.01. The molecular weight excluding hydrogens is 664 g/mol. The molecule has 0 nitrogen and oxygen atoms in total. The van der Waals surface area contributed by atoms with Crippen LogP contribution in [0.5, 0.6) is 0 Å². The first-order chi connectivity index (χ1) is 21.7. The average Bonchev–Trinajstić information content (AvgIpc) is 3.57. The van der Waals surface area contributed by atoms with E-state index in [1.54, 1.807) is 0 Å². The van der Waals surface area contributed by atoms with Gasteiger partial charge in [-0.15, -0.1) is 0 Å². The molecule has 0 saturated heterocycles. The van der Waals surface area contributed by atoms with Crippen LogP contribution in [0.4, 0.5) is 0 Å².